The number of carbonyl (C=O) groups is 3. The van der Waals surface area contributed by atoms with Crippen molar-refractivity contribution in [2.24, 2.45) is 5.92 Å². The highest BCUT2D eigenvalue weighted by atomic mass is 32.2. The lowest BCUT2D eigenvalue weighted by molar-refractivity contribution is -0.157. The summed E-state index contributed by atoms with van der Waals surface area (Å²) in [5, 5.41) is 33.9. The molecular weight excluding hydrogens is 521 g/mol. The highest BCUT2D eigenvalue weighted by molar-refractivity contribution is 8.01. The van der Waals surface area contributed by atoms with E-state index < -0.39 is 23.2 Å². The number of tetrazole rings is 1. The Balaban J connectivity index is 1.23. The van der Waals surface area contributed by atoms with Gasteiger partial charge in [0, 0.05) is 16.4 Å². The molecular formula is C18H16N8O4S4. The molecule has 0 unspecified atom stereocenters. The van der Waals surface area contributed by atoms with Gasteiger partial charge in [0.2, 0.25) is 11.8 Å². The van der Waals surface area contributed by atoms with E-state index in [-0.39, 0.29) is 11.6 Å². The Morgan fingerprint density at radius 2 is 2.21 bits per heavy atom. The van der Waals surface area contributed by atoms with Crippen molar-refractivity contribution >= 4 is 64.0 Å². The zero-order valence-corrected chi connectivity index (χ0v) is 20.5. The summed E-state index contributed by atoms with van der Waals surface area (Å²) in [6.45, 7) is 0.739. The van der Waals surface area contributed by atoms with Gasteiger partial charge in [0.15, 0.2) is 4.34 Å². The van der Waals surface area contributed by atoms with Gasteiger partial charge in [0.05, 0.1) is 13.1 Å². The van der Waals surface area contributed by atoms with E-state index in [1.54, 1.807) is 0 Å². The Labute approximate surface area is 208 Å². The molecule has 176 valence electrons. The molecule has 2 aliphatic rings. The van der Waals surface area contributed by atoms with Crippen LogP contribution in [0.4, 0.5) is 0 Å². The fourth-order valence-electron chi connectivity index (χ4n) is 3.50. The van der Waals surface area contributed by atoms with E-state index in [2.05, 4.69) is 31.0 Å². The van der Waals surface area contributed by atoms with Crippen LogP contribution in [0.5, 0.6) is 0 Å². The average molecular weight is 537 g/mol. The molecule has 0 radical (unpaired) electrons. The van der Waals surface area contributed by atoms with Crippen LogP contribution in [0.25, 0.3) is 0 Å². The van der Waals surface area contributed by atoms with Gasteiger partial charge in [-0.3, -0.25) is 14.5 Å². The highest BCUT2D eigenvalue weighted by Crippen LogP contribution is 2.45. The maximum absolute atomic E-state index is 12.8. The molecule has 5 rings (SSSR count). The molecule has 2 aliphatic heterocycles. The van der Waals surface area contributed by atoms with Crippen molar-refractivity contribution in [3.05, 3.63) is 45.0 Å². The van der Waals surface area contributed by atoms with Gasteiger partial charge in [-0.1, -0.05) is 29.2 Å². The van der Waals surface area contributed by atoms with Gasteiger partial charge in [-0.05, 0) is 27.4 Å². The number of carboxylic acids is 1. The Hall–Kier alpha value is -2.82. The number of rotatable bonds is 9. The third-order valence-electron chi connectivity index (χ3n) is 5.06. The molecule has 0 spiro atoms. The molecule has 0 bridgehead atoms. The van der Waals surface area contributed by atoms with Crippen molar-refractivity contribution in [1.82, 2.24) is 40.6 Å². The van der Waals surface area contributed by atoms with Gasteiger partial charge in [-0.15, -0.1) is 38.4 Å². The highest BCUT2D eigenvalue weighted by Gasteiger charge is 2.56. The Morgan fingerprint density at radius 1 is 1.32 bits per heavy atom. The van der Waals surface area contributed by atoms with Crippen LogP contribution in [0.3, 0.4) is 0 Å². The third-order valence-corrected chi connectivity index (χ3v) is 9.40. The second-order valence-electron chi connectivity index (χ2n) is 7.20. The Morgan fingerprint density at radius 3 is 2.94 bits per heavy atom. The summed E-state index contributed by atoms with van der Waals surface area (Å²) in [4.78, 5) is 39.7. The second-order valence-corrected chi connectivity index (χ2v) is 11.6. The Kier molecular flexibility index (Phi) is 6.62. The van der Waals surface area contributed by atoms with Crippen molar-refractivity contribution in [3.63, 3.8) is 0 Å². The normalized spacial score (nSPS) is 19.6. The number of aliphatic carboxylic acids is 1. The number of aromatic nitrogens is 6. The summed E-state index contributed by atoms with van der Waals surface area (Å²) in [5.74, 6) is -2.17. The standard InChI is InChI=1S/C18H16N8O4S4/c27-14(19-4-10-2-1-3-31-10)12-15(28)26-13(17(29)30)9(6-32-16(12)26)7-33-18-22-21-11(34-18)5-25-8-20-23-24-25/h1-3,8,12,16H,4-7H2,(H,19,27)(H,29,30)/t12-,16-/m1/s1. The predicted octanol–water partition coefficient (Wildman–Crippen LogP) is 0.913. The van der Waals surface area contributed by atoms with E-state index in [0.29, 0.717) is 34.5 Å². The monoisotopic (exact) mass is 536 g/mol. The fraction of sp³-hybridized carbons (Fsp3) is 0.333. The number of carboxylic acid groups (broad SMARTS) is 1. The van der Waals surface area contributed by atoms with Crippen LogP contribution >= 0.6 is 46.2 Å². The molecule has 5 heterocycles. The van der Waals surface area contributed by atoms with Crippen molar-refractivity contribution in [1.29, 1.82) is 0 Å². The maximum atomic E-state index is 12.8. The lowest BCUT2D eigenvalue weighted by Crippen LogP contribution is -2.65. The van der Waals surface area contributed by atoms with E-state index in [1.807, 2.05) is 17.5 Å². The third kappa shape index (κ3) is 4.57. The number of nitrogens with zero attached hydrogens (tertiary/aromatic N) is 7. The maximum Gasteiger partial charge on any atom is 0.352 e. The summed E-state index contributed by atoms with van der Waals surface area (Å²) in [6, 6.07) is 3.79. The number of amides is 2. The Bertz CT molecular complexity index is 1240. The van der Waals surface area contributed by atoms with Crippen LogP contribution in [0.2, 0.25) is 0 Å². The minimum absolute atomic E-state index is 0.0398. The van der Waals surface area contributed by atoms with Gasteiger partial charge in [-0.25, -0.2) is 9.48 Å². The minimum atomic E-state index is -1.18. The number of hydrogen-bond acceptors (Lipinski definition) is 12. The average Bonchev–Trinajstić information content (AvgIpc) is 3.59. The van der Waals surface area contributed by atoms with Crippen molar-refractivity contribution in [3.8, 4) is 0 Å². The van der Waals surface area contributed by atoms with Gasteiger partial charge in [-0.2, -0.15) is 0 Å². The van der Waals surface area contributed by atoms with E-state index in [9.17, 15) is 19.5 Å². The number of thioether (sulfide) groups is 2. The molecule has 2 atom stereocenters. The second kappa shape index (κ2) is 9.81. The van der Waals surface area contributed by atoms with Crippen molar-refractivity contribution in [2.75, 3.05) is 11.5 Å². The van der Waals surface area contributed by atoms with Crippen LogP contribution in [-0.2, 0) is 27.5 Å². The molecule has 34 heavy (non-hydrogen) atoms. The molecule has 1 saturated heterocycles. The molecule has 1 fully saturated rings. The van der Waals surface area contributed by atoms with Crippen LogP contribution < -0.4 is 5.32 Å². The topological polar surface area (TPSA) is 156 Å². The number of nitrogens with one attached hydrogen (secondary N) is 1. The molecule has 2 N–H and O–H groups in total. The lowest BCUT2D eigenvalue weighted by atomic mass is 9.94. The number of carbonyl (C=O) groups excluding carboxylic acids is 2. The van der Waals surface area contributed by atoms with Crippen molar-refractivity contribution < 1.29 is 19.5 Å². The van der Waals surface area contributed by atoms with Gasteiger partial charge in [0.1, 0.15) is 28.3 Å². The van der Waals surface area contributed by atoms with E-state index in [1.165, 1.54) is 62.1 Å². The molecule has 0 aliphatic carbocycles. The quantitative estimate of drug-likeness (QED) is 0.228. The number of thiophene rings is 1. The van der Waals surface area contributed by atoms with E-state index in [4.69, 9.17) is 0 Å². The summed E-state index contributed by atoms with van der Waals surface area (Å²) in [6.07, 6.45) is 1.48. The number of hydrogen-bond donors (Lipinski definition) is 2. The van der Waals surface area contributed by atoms with Crippen molar-refractivity contribution in [2.45, 2.75) is 22.8 Å². The first kappa shape index (κ1) is 22.9. The summed E-state index contributed by atoms with van der Waals surface area (Å²) >= 11 is 5.64. The summed E-state index contributed by atoms with van der Waals surface area (Å²) in [7, 11) is 0. The van der Waals surface area contributed by atoms with Crippen LogP contribution in [-0.4, -0.2) is 75.1 Å². The molecule has 3 aromatic heterocycles. The lowest BCUT2D eigenvalue weighted by Gasteiger charge is -2.48. The number of β-lactam (4-membered cyclic amide) rings is 1. The largest absolute Gasteiger partial charge is 0.477 e. The first-order chi connectivity index (χ1) is 16.5. The first-order valence-corrected chi connectivity index (χ1v) is 13.6. The van der Waals surface area contributed by atoms with Crippen LogP contribution in [0.1, 0.15) is 9.88 Å². The first-order valence-electron chi connectivity index (χ1n) is 9.87. The zero-order chi connectivity index (χ0) is 23.7. The fourth-order valence-corrected chi connectivity index (χ4v) is 7.57. The molecule has 2 amide bonds. The smallest absolute Gasteiger partial charge is 0.352 e. The van der Waals surface area contributed by atoms with E-state index in [0.717, 1.165) is 9.88 Å². The van der Waals surface area contributed by atoms with Crippen LogP contribution in [0.15, 0.2) is 39.4 Å². The van der Waals surface area contributed by atoms with Gasteiger partial charge >= 0.3 is 5.97 Å². The predicted molar refractivity (Wildman–Crippen MR) is 125 cm³/mol. The SMILES string of the molecule is O=C(O)C1=C(CSc2nnc(Cn3cnnn3)s2)CS[C@@H]2[C@H](C(=O)NCc3cccs3)C(=O)N12. The summed E-state index contributed by atoms with van der Waals surface area (Å²) < 4.78 is 2.20. The number of fused-ring (bicyclic) bond motifs is 1. The van der Waals surface area contributed by atoms with Gasteiger partial charge in [0.25, 0.3) is 0 Å². The van der Waals surface area contributed by atoms with Crippen LogP contribution in [0, 0.1) is 5.92 Å². The molecule has 0 aromatic carbocycles. The molecule has 12 nitrogen and oxygen atoms in total. The molecule has 3 aromatic rings. The zero-order valence-electron chi connectivity index (χ0n) is 17.2. The van der Waals surface area contributed by atoms with E-state index >= 15 is 0 Å². The van der Waals surface area contributed by atoms with Gasteiger partial charge < -0.3 is 10.4 Å². The summed E-state index contributed by atoms with van der Waals surface area (Å²) in [5.41, 5.74) is 0.573. The minimum Gasteiger partial charge on any atom is -0.477 e. The molecule has 16 heteroatoms. The molecule has 0 saturated carbocycles.